The molecule has 0 aromatic carbocycles. The van der Waals surface area contributed by atoms with Gasteiger partial charge in [-0.15, -0.1) is 0 Å². The van der Waals surface area contributed by atoms with Crippen LogP contribution in [0.15, 0.2) is 0 Å². The van der Waals surface area contributed by atoms with E-state index in [0.29, 0.717) is 6.54 Å². The zero-order chi connectivity index (χ0) is 10.4. The Bertz CT molecular complexity index is 130. The highest BCUT2D eigenvalue weighted by Crippen LogP contribution is 2.10. The Kier molecular flexibility index (Phi) is 6.24. The third kappa shape index (κ3) is 4.04. The number of nitrogens with zero attached hydrogens (tertiary/aromatic N) is 1. The lowest BCUT2D eigenvalue weighted by molar-refractivity contribution is -0.136. The summed E-state index contributed by atoms with van der Waals surface area (Å²) in [5.74, 6) is 0.103. The Labute approximate surface area is 80.1 Å². The van der Waals surface area contributed by atoms with Crippen molar-refractivity contribution in [3.05, 3.63) is 0 Å². The van der Waals surface area contributed by atoms with Crippen molar-refractivity contribution in [2.75, 3.05) is 20.3 Å². The van der Waals surface area contributed by atoms with Crippen molar-refractivity contribution in [3.8, 4) is 0 Å². The van der Waals surface area contributed by atoms with E-state index < -0.39 is 12.5 Å². The van der Waals surface area contributed by atoms with E-state index in [4.69, 9.17) is 4.74 Å². The summed E-state index contributed by atoms with van der Waals surface area (Å²) in [5.41, 5.74) is 0. The van der Waals surface area contributed by atoms with Gasteiger partial charge < -0.3 is 14.9 Å². The van der Waals surface area contributed by atoms with E-state index in [1.165, 1.54) is 7.11 Å². The SMILES string of the molecule is CCN(C(O)COC)C(O)C(C)C. The summed E-state index contributed by atoms with van der Waals surface area (Å²) >= 11 is 0. The van der Waals surface area contributed by atoms with Gasteiger partial charge in [-0.05, 0) is 5.92 Å². The van der Waals surface area contributed by atoms with Crippen LogP contribution in [0.5, 0.6) is 0 Å². The molecule has 0 bridgehead atoms. The maximum absolute atomic E-state index is 9.69. The van der Waals surface area contributed by atoms with Crippen LogP contribution in [-0.2, 0) is 4.74 Å². The van der Waals surface area contributed by atoms with E-state index in [-0.39, 0.29) is 12.5 Å². The standard InChI is InChI=1S/C9H21NO3/c1-5-10(8(11)6-13-4)9(12)7(2)3/h7-9,11-12H,5-6H2,1-4H3. The molecule has 0 aromatic rings. The van der Waals surface area contributed by atoms with Crippen LogP contribution >= 0.6 is 0 Å². The van der Waals surface area contributed by atoms with Gasteiger partial charge >= 0.3 is 0 Å². The third-order valence-corrected chi connectivity index (χ3v) is 2.00. The molecule has 0 radical (unpaired) electrons. The maximum Gasteiger partial charge on any atom is 0.132 e. The van der Waals surface area contributed by atoms with Crippen molar-refractivity contribution in [2.45, 2.75) is 33.2 Å². The molecule has 4 nitrogen and oxygen atoms in total. The van der Waals surface area contributed by atoms with E-state index in [1.54, 1.807) is 4.90 Å². The Hall–Kier alpha value is -0.160. The average molecular weight is 191 g/mol. The van der Waals surface area contributed by atoms with Crippen LogP contribution in [0.1, 0.15) is 20.8 Å². The van der Waals surface area contributed by atoms with Crippen molar-refractivity contribution < 1.29 is 14.9 Å². The predicted molar refractivity (Wildman–Crippen MR) is 51.1 cm³/mol. The minimum Gasteiger partial charge on any atom is -0.381 e. The predicted octanol–water partition coefficient (Wildman–Crippen LogP) is 0.247. The van der Waals surface area contributed by atoms with Gasteiger partial charge in [-0.3, -0.25) is 4.90 Å². The topological polar surface area (TPSA) is 52.9 Å². The maximum atomic E-state index is 9.69. The molecule has 80 valence electrons. The van der Waals surface area contributed by atoms with Gasteiger partial charge in [0.05, 0.1) is 6.61 Å². The summed E-state index contributed by atoms with van der Waals surface area (Å²) in [6, 6.07) is 0. The lowest BCUT2D eigenvalue weighted by atomic mass is 10.1. The minimum atomic E-state index is -0.729. The van der Waals surface area contributed by atoms with Gasteiger partial charge in [0, 0.05) is 13.7 Å². The molecule has 0 saturated carbocycles. The number of ether oxygens (including phenoxy) is 1. The summed E-state index contributed by atoms with van der Waals surface area (Å²) in [6.07, 6.45) is -1.34. The second-order valence-corrected chi connectivity index (χ2v) is 3.42. The van der Waals surface area contributed by atoms with Crippen molar-refractivity contribution in [1.29, 1.82) is 0 Å². The number of methoxy groups -OCH3 is 1. The van der Waals surface area contributed by atoms with Crippen molar-refractivity contribution >= 4 is 0 Å². The van der Waals surface area contributed by atoms with Gasteiger partial charge in [0.15, 0.2) is 0 Å². The average Bonchev–Trinajstić information content (AvgIpc) is 2.05. The zero-order valence-corrected chi connectivity index (χ0v) is 8.90. The molecular formula is C9H21NO3. The molecule has 2 unspecified atom stereocenters. The number of hydrogen-bond acceptors (Lipinski definition) is 4. The molecule has 0 rings (SSSR count). The number of rotatable bonds is 6. The fraction of sp³-hybridized carbons (Fsp3) is 1.00. The molecule has 0 aliphatic carbocycles. The molecule has 13 heavy (non-hydrogen) atoms. The Morgan fingerprint density at radius 3 is 2.15 bits per heavy atom. The van der Waals surface area contributed by atoms with Gasteiger partial charge in [-0.25, -0.2) is 0 Å². The lowest BCUT2D eigenvalue weighted by Gasteiger charge is -2.32. The van der Waals surface area contributed by atoms with Gasteiger partial charge in [-0.1, -0.05) is 20.8 Å². The van der Waals surface area contributed by atoms with E-state index in [0.717, 1.165) is 0 Å². The zero-order valence-electron chi connectivity index (χ0n) is 8.90. The van der Waals surface area contributed by atoms with Crippen LogP contribution in [0, 0.1) is 5.92 Å². The third-order valence-electron chi connectivity index (χ3n) is 2.00. The quantitative estimate of drug-likeness (QED) is 0.591. The fourth-order valence-corrected chi connectivity index (χ4v) is 1.20. The van der Waals surface area contributed by atoms with Crippen molar-refractivity contribution in [2.24, 2.45) is 5.92 Å². The highest BCUT2D eigenvalue weighted by atomic mass is 16.5. The van der Waals surface area contributed by atoms with Crippen LogP contribution in [0.2, 0.25) is 0 Å². The first kappa shape index (κ1) is 12.8. The van der Waals surface area contributed by atoms with Gasteiger partial charge in [0.25, 0.3) is 0 Å². The smallest absolute Gasteiger partial charge is 0.132 e. The molecule has 0 aliphatic rings. The van der Waals surface area contributed by atoms with E-state index >= 15 is 0 Å². The molecule has 0 fully saturated rings. The molecule has 0 aliphatic heterocycles. The second kappa shape index (κ2) is 6.32. The van der Waals surface area contributed by atoms with Crippen LogP contribution < -0.4 is 0 Å². The summed E-state index contributed by atoms with van der Waals surface area (Å²) in [7, 11) is 1.53. The first-order valence-electron chi connectivity index (χ1n) is 4.65. The van der Waals surface area contributed by atoms with Crippen molar-refractivity contribution in [3.63, 3.8) is 0 Å². The van der Waals surface area contributed by atoms with E-state index in [9.17, 15) is 10.2 Å². The lowest BCUT2D eigenvalue weighted by Crippen LogP contribution is -2.47. The molecule has 2 N–H and O–H groups in total. The minimum absolute atomic E-state index is 0.103. The summed E-state index contributed by atoms with van der Waals surface area (Å²) in [5, 5.41) is 19.3. The highest BCUT2D eigenvalue weighted by Gasteiger charge is 2.23. The first-order valence-corrected chi connectivity index (χ1v) is 4.65. The van der Waals surface area contributed by atoms with Crippen LogP contribution in [0.25, 0.3) is 0 Å². The molecule has 2 atom stereocenters. The molecule has 0 amide bonds. The molecule has 4 heteroatoms. The monoisotopic (exact) mass is 191 g/mol. The van der Waals surface area contributed by atoms with Gasteiger partial charge in [0.2, 0.25) is 0 Å². The van der Waals surface area contributed by atoms with Crippen LogP contribution in [-0.4, -0.2) is 47.8 Å². The molecule has 0 spiro atoms. The first-order chi connectivity index (χ1) is 6.04. The van der Waals surface area contributed by atoms with Crippen LogP contribution in [0.4, 0.5) is 0 Å². The summed E-state index contributed by atoms with van der Waals surface area (Å²) < 4.78 is 4.81. The van der Waals surface area contributed by atoms with Gasteiger partial charge in [0.1, 0.15) is 12.5 Å². The normalized spacial score (nSPS) is 16.6. The summed E-state index contributed by atoms with van der Waals surface area (Å²) in [6.45, 7) is 6.53. The number of aliphatic hydroxyl groups excluding tert-OH is 2. The summed E-state index contributed by atoms with van der Waals surface area (Å²) in [4.78, 5) is 1.61. The molecule has 0 heterocycles. The van der Waals surface area contributed by atoms with E-state index in [1.807, 2.05) is 20.8 Å². The molecule has 0 aromatic heterocycles. The van der Waals surface area contributed by atoms with Gasteiger partial charge in [-0.2, -0.15) is 0 Å². The largest absolute Gasteiger partial charge is 0.381 e. The number of likely N-dealkylation sites (N-methyl/N-ethyl adjacent to an activating group) is 1. The number of hydrogen-bond donors (Lipinski definition) is 2. The number of aliphatic hydroxyl groups is 2. The second-order valence-electron chi connectivity index (χ2n) is 3.42. The van der Waals surface area contributed by atoms with Crippen molar-refractivity contribution in [1.82, 2.24) is 4.90 Å². The van der Waals surface area contributed by atoms with E-state index in [2.05, 4.69) is 0 Å². The highest BCUT2D eigenvalue weighted by molar-refractivity contribution is 4.66. The molecular weight excluding hydrogens is 170 g/mol. The fourth-order valence-electron chi connectivity index (χ4n) is 1.20. The Morgan fingerprint density at radius 1 is 1.31 bits per heavy atom. The Morgan fingerprint density at radius 2 is 1.85 bits per heavy atom. The molecule has 0 saturated heterocycles. The van der Waals surface area contributed by atoms with Crippen LogP contribution in [0.3, 0.4) is 0 Å². The Balaban J connectivity index is 4.14.